The molecule has 0 amide bonds. The molecule has 1 aromatic heterocycles. The minimum absolute atomic E-state index is 0.181. The van der Waals surface area contributed by atoms with Crippen LogP contribution >= 0.6 is 0 Å². The Balaban J connectivity index is 1.58. The monoisotopic (exact) mass is 387 g/mol. The van der Waals surface area contributed by atoms with E-state index in [1.54, 1.807) is 74.8 Å². The predicted molar refractivity (Wildman–Crippen MR) is 106 cm³/mol. The van der Waals surface area contributed by atoms with E-state index in [1.807, 2.05) is 6.07 Å². The molecular weight excluding hydrogens is 370 g/mol. The second-order valence-corrected chi connectivity index (χ2v) is 6.43. The van der Waals surface area contributed by atoms with Crippen LogP contribution < -0.4 is 14.2 Å². The van der Waals surface area contributed by atoms with Crippen LogP contribution in [0.5, 0.6) is 17.2 Å². The molecule has 0 N–H and O–H groups in total. The summed E-state index contributed by atoms with van der Waals surface area (Å²) in [4.78, 5) is 29.3. The summed E-state index contributed by atoms with van der Waals surface area (Å²) in [6, 6.07) is 15.2. The van der Waals surface area contributed by atoms with Crippen molar-refractivity contribution in [2.75, 3.05) is 7.11 Å². The highest BCUT2D eigenvalue weighted by atomic mass is 16.5. The number of methoxy groups -OCH3 is 1. The van der Waals surface area contributed by atoms with Crippen LogP contribution in [-0.2, 0) is 0 Å². The van der Waals surface area contributed by atoms with Gasteiger partial charge in [0.1, 0.15) is 17.2 Å². The van der Waals surface area contributed by atoms with E-state index < -0.39 is 5.97 Å². The molecule has 0 atom stereocenters. The van der Waals surface area contributed by atoms with Crippen LogP contribution in [0.3, 0.4) is 0 Å². The summed E-state index contributed by atoms with van der Waals surface area (Å²) in [7, 11) is 1.55. The van der Waals surface area contributed by atoms with Gasteiger partial charge in [0.05, 0.1) is 23.9 Å². The SMILES string of the molecule is COc1ccc(C(=O)Oc2cc(C)c3c(c2)O/C(=C\c2ccccn2)C3=O)cc1. The third-order valence-corrected chi connectivity index (χ3v) is 4.45. The van der Waals surface area contributed by atoms with E-state index in [2.05, 4.69) is 4.98 Å². The van der Waals surface area contributed by atoms with Gasteiger partial charge in [0.2, 0.25) is 5.78 Å². The molecule has 0 radical (unpaired) electrons. The lowest BCUT2D eigenvalue weighted by Crippen LogP contribution is -2.08. The van der Waals surface area contributed by atoms with Crippen LogP contribution in [0.4, 0.5) is 0 Å². The second kappa shape index (κ2) is 7.59. The lowest BCUT2D eigenvalue weighted by atomic mass is 10.0. The number of nitrogens with zero attached hydrogens (tertiary/aromatic N) is 1. The smallest absolute Gasteiger partial charge is 0.343 e. The van der Waals surface area contributed by atoms with Gasteiger partial charge >= 0.3 is 5.97 Å². The number of aromatic nitrogens is 1. The number of aryl methyl sites for hydroxylation is 1. The van der Waals surface area contributed by atoms with E-state index in [0.29, 0.717) is 39.6 Å². The number of Topliss-reactive ketones (excluding diaryl/α,β-unsaturated/α-hetero) is 1. The standard InChI is InChI=1S/C23H17NO5/c1-14-11-18(28-23(26)15-6-8-17(27-2)9-7-15)13-19-21(14)22(25)20(29-19)12-16-5-3-4-10-24-16/h3-13H,1-2H3/b20-12-. The van der Waals surface area contributed by atoms with E-state index in [-0.39, 0.29) is 11.5 Å². The van der Waals surface area contributed by atoms with E-state index in [0.717, 1.165) is 0 Å². The molecule has 2 aromatic carbocycles. The molecule has 0 spiro atoms. The first-order chi connectivity index (χ1) is 14.0. The van der Waals surface area contributed by atoms with Gasteiger partial charge in [-0.25, -0.2) is 4.79 Å². The van der Waals surface area contributed by atoms with Crippen molar-refractivity contribution in [3.63, 3.8) is 0 Å². The molecular formula is C23H17NO5. The third kappa shape index (κ3) is 3.73. The van der Waals surface area contributed by atoms with Crippen LogP contribution in [0.15, 0.2) is 66.6 Å². The van der Waals surface area contributed by atoms with Crippen molar-refractivity contribution >= 4 is 17.8 Å². The Morgan fingerprint density at radius 2 is 1.86 bits per heavy atom. The first-order valence-corrected chi connectivity index (χ1v) is 8.91. The zero-order valence-electron chi connectivity index (χ0n) is 15.8. The van der Waals surface area contributed by atoms with Crippen molar-refractivity contribution in [2.45, 2.75) is 6.92 Å². The summed E-state index contributed by atoms with van der Waals surface area (Å²) in [5.74, 6) is 0.745. The number of benzene rings is 2. The molecule has 1 aliphatic rings. The topological polar surface area (TPSA) is 74.7 Å². The predicted octanol–water partition coefficient (Wildman–Crippen LogP) is 4.23. The Morgan fingerprint density at radius 1 is 1.07 bits per heavy atom. The number of rotatable bonds is 4. The zero-order chi connectivity index (χ0) is 20.4. The highest BCUT2D eigenvalue weighted by Crippen LogP contribution is 2.37. The minimum atomic E-state index is -0.513. The van der Waals surface area contributed by atoms with E-state index in [9.17, 15) is 9.59 Å². The third-order valence-electron chi connectivity index (χ3n) is 4.45. The van der Waals surface area contributed by atoms with Crippen LogP contribution in [0.1, 0.15) is 32.0 Å². The van der Waals surface area contributed by atoms with Crippen LogP contribution in [0.2, 0.25) is 0 Å². The molecule has 0 saturated heterocycles. The number of ketones is 1. The number of pyridine rings is 1. The number of allylic oxidation sites excluding steroid dienone is 1. The maximum absolute atomic E-state index is 12.7. The molecule has 1 aliphatic heterocycles. The first-order valence-electron chi connectivity index (χ1n) is 8.91. The maximum atomic E-state index is 12.7. The van der Waals surface area contributed by atoms with Crippen molar-refractivity contribution in [3.05, 3.63) is 88.9 Å². The van der Waals surface area contributed by atoms with E-state index in [1.165, 1.54) is 0 Å². The molecule has 29 heavy (non-hydrogen) atoms. The second-order valence-electron chi connectivity index (χ2n) is 6.43. The lowest BCUT2D eigenvalue weighted by molar-refractivity contribution is 0.0734. The van der Waals surface area contributed by atoms with Crippen molar-refractivity contribution in [1.82, 2.24) is 4.98 Å². The van der Waals surface area contributed by atoms with Gasteiger partial charge in [-0.3, -0.25) is 9.78 Å². The van der Waals surface area contributed by atoms with Crippen molar-refractivity contribution in [1.29, 1.82) is 0 Å². The average molecular weight is 387 g/mol. The molecule has 0 fully saturated rings. The molecule has 144 valence electrons. The van der Waals surface area contributed by atoms with Crippen LogP contribution in [-0.4, -0.2) is 23.8 Å². The van der Waals surface area contributed by atoms with Gasteiger partial charge in [0.15, 0.2) is 5.76 Å². The van der Waals surface area contributed by atoms with Gasteiger partial charge in [0, 0.05) is 18.3 Å². The van der Waals surface area contributed by atoms with Crippen molar-refractivity contribution < 1.29 is 23.8 Å². The number of carbonyl (C=O) groups is 2. The Labute approximate surface area is 167 Å². The molecule has 0 bridgehead atoms. The first kappa shape index (κ1) is 18.4. The Hall–Kier alpha value is -3.93. The van der Waals surface area contributed by atoms with E-state index >= 15 is 0 Å². The Kier molecular flexibility index (Phi) is 4.83. The zero-order valence-corrected chi connectivity index (χ0v) is 15.8. The van der Waals surface area contributed by atoms with Gasteiger partial charge in [-0.1, -0.05) is 6.07 Å². The van der Waals surface area contributed by atoms with E-state index in [4.69, 9.17) is 14.2 Å². The fourth-order valence-electron chi connectivity index (χ4n) is 3.03. The molecule has 6 heteroatoms. The molecule has 0 aliphatic carbocycles. The Morgan fingerprint density at radius 3 is 2.55 bits per heavy atom. The highest BCUT2D eigenvalue weighted by Gasteiger charge is 2.30. The summed E-state index contributed by atoms with van der Waals surface area (Å²) in [6.45, 7) is 1.77. The highest BCUT2D eigenvalue weighted by molar-refractivity contribution is 6.15. The Bertz CT molecular complexity index is 1120. The van der Waals surface area contributed by atoms with Gasteiger partial charge in [-0.05, 0) is 55.0 Å². The quantitative estimate of drug-likeness (QED) is 0.379. The number of hydrogen-bond acceptors (Lipinski definition) is 6. The molecule has 4 rings (SSSR count). The summed E-state index contributed by atoms with van der Waals surface area (Å²) < 4.78 is 16.3. The number of esters is 1. The number of carbonyl (C=O) groups excluding carboxylic acids is 2. The number of hydrogen-bond donors (Lipinski definition) is 0. The largest absolute Gasteiger partial charge is 0.497 e. The summed E-state index contributed by atoms with van der Waals surface area (Å²) in [6.07, 6.45) is 3.23. The lowest BCUT2D eigenvalue weighted by Gasteiger charge is -2.08. The average Bonchev–Trinajstić information content (AvgIpc) is 3.04. The van der Waals surface area contributed by atoms with Crippen molar-refractivity contribution in [3.8, 4) is 17.2 Å². The molecule has 0 unspecified atom stereocenters. The van der Waals surface area contributed by atoms with Crippen LogP contribution in [0.25, 0.3) is 6.08 Å². The summed E-state index contributed by atoms with van der Waals surface area (Å²) in [5.41, 5.74) is 2.12. The molecule has 3 aromatic rings. The molecule has 6 nitrogen and oxygen atoms in total. The fourth-order valence-corrected chi connectivity index (χ4v) is 3.03. The minimum Gasteiger partial charge on any atom is -0.497 e. The summed E-state index contributed by atoms with van der Waals surface area (Å²) in [5, 5.41) is 0. The molecule has 2 heterocycles. The van der Waals surface area contributed by atoms with Crippen molar-refractivity contribution in [2.24, 2.45) is 0 Å². The van der Waals surface area contributed by atoms with Gasteiger partial charge in [0.25, 0.3) is 0 Å². The number of fused-ring (bicyclic) bond motifs is 1. The van der Waals surface area contributed by atoms with Gasteiger partial charge in [-0.15, -0.1) is 0 Å². The van der Waals surface area contributed by atoms with Gasteiger partial charge in [-0.2, -0.15) is 0 Å². The fraction of sp³-hybridized carbons (Fsp3) is 0.0870. The normalized spacial score (nSPS) is 13.7. The van der Waals surface area contributed by atoms with Crippen LogP contribution in [0, 0.1) is 6.92 Å². The molecule has 0 saturated carbocycles. The maximum Gasteiger partial charge on any atom is 0.343 e. The summed E-state index contributed by atoms with van der Waals surface area (Å²) >= 11 is 0. The number of ether oxygens (including phenoxy) is 3. The van der Waals surface area contributed by atoms with Gasteiger partial charge < -0.3 is 14.2 Å².